The molecule has 20 heavy (non-hydrogen) atoms. The monoisotopic (exact) mass is 294 g/mol. The molecule has 0 aliphatic carbocycles. The van der Waals surface area contributed by atoms with Crippen LogP contribution in [-0.2, 0) is 20.5 Å². The Balaban J connectivity index is 1.87. The zero-order valence-electron chi connectivity index (χ0n) is 11.2. The lowest BCUT2D eigenvalue weighted by Crippen LogP contribution is -2.36. The standard InChI is InChI=1S/C14H18N2O3S/c15-9-12-4-6-13(7-5-12)11-20(17,18)16-10-14-3-1-2-8-19-14/h4-7,14,16H,1-3,8,10-11H2. The second-order valence-electron chi connectivity index (χ2n) is 4.90. The molecule has 0 radical (unpaired) electrons. The molecule has 1 aromatic carbocycles. The van der Waals surface area contributed by atoms with Crippen LogP contribution in [0, 0.1) is 11.3 Å². The highest BCUT2D eigenvalue weighted by atomic mass is 32.2. The highest BCUT2D eigenvalue weighted by Gasteiger charge is 2.18. The van der Waals surface area contributed by atoms with Gasteiger partial charge in [-0.1, -0.05) is 12.1 Å². The Kier molecular flexibility index (Phi) is 5.12. The van der Waals surface area contributed by atoms with Gasteiger partial charge in [0.2, 0.25) is 10.0 Å². The van der Waals surface area contributed by atoms with Crippen molar-refractivity contribution in [1.29, 1.82) is 5.26 Å². The summed E-state index contributed by atoms with van der Waals surface area (Å²) in [6.07, 6.45) is 3.02. The minimum atomic E-state index is -3.37. The first-order chi connectivity index (χ1) is 9.59. The fourth-order valence-corrected chi connectivity index (χ4v) is 3.31. The molecule has 1 aliphatic heterocycles. The smallest absolute Gasteiger partial charge is 0.215 e. The number of rotatable bonds is 5. The van der Waals surface area contributed by atoms with Crippen LogP contribution in [-0.4, -0.2) is 27.7 Å². The topological polar surface area (TPSA) is 79.2 Å². The van der Waals surface area contributed by atoms with Gasteiger partial charge in [-0.05, 0) is 37.0 Å². The summed E-state index contributed by atoms with van der Waals surface area (Å²) in [4.78, 5) is 0. The lowest BCUT2D eigenvalue weighted by Gasteiger charge is -2.22. The van der Waals surface area contributed by atoms with Gasteiger partial charge in [0, 0.05) is 13.2 Å². The van der Waals surface area contributed by atoms with Crippen LogP contribution < -0.4 is 4.72 Å². The van der Waals surface area contributed by atoms with Crippen molar-refractivity contribution in [3.63, 3.8) is 0 Å². The second-order valence-corrected chi connectivity index (χ2v) is 6.71. The van der Waals surface area contributed by atoms with Gasteiger partial charge in [0.05, 0.1) is 23.5 Å². The molecule has 1 N–H and O–H groups in total. The van der Waals surface area contributed by atoms with Crippen LogP contribution in [0.3, 0.4) is 0 Å². The first kappa shape index (κ1) is 15.0. The van der Waals surface area contributed by atoms with Gasteiger partial charge in [-0.25, -0.2) is 13.1 Å². The molecule has 5 nitrogen and oxygen atoms in total. The number of sulfonamides is 1. The predicted molar refractivity (Wildman–Crippen MR) is 75.4 cm³/mol. The van der Waals surface area contributed by atoms with Crippen molar-refractivity contribution in [2.45, 2.75) is 31.1 Å². The molecular formula is C14H18N2O3S. The first-order valence-corrected chi connectivity index (χ1v) is 8.32. The van der Waals surface area contributed by atoms with E-state index in [4.69, 9.17) is 10.00 Å². The van der Waals surface area contributed by atoms with Crippen LogP contribution >= 0.6 is 0 Å². The van der Waals surface area contributed by atoms with E-state index in [0.29, 0.717) is 24.3 Å². The van der Waals surface area contributed by atoms with E-state index in [2.05, 4.69) is 4.72 Å². The average molecular weight is 294 g/mol. The van der Waals surface area contributed by atoms with Crippen LogP contribution in [0.15, 0.2) is 24.3 Å². The minimum absolute atomic E-state index is 0.0144. The summed E-state index contributed by atoms with van der Waals surface area (Å²) in [7, 11) is -3.37. The van der Waals surface area contributed by atoms with E-state index < -0.39 is 10.0 Å². The molecule has 1 unspecified atom stereocenters. The molecule has 0 aromatic heterocycles. The van der Waals surface area contributed by atoms with Crippen LogP contribution in [0.2, 0.25) is 0 Å². The maximum Gasteiger partial charge on any atom is 0.215 e. The number of hydrogen-bond acceptors (Lipinski definition) is 4. The zero-order valence-corrected chi connectivity index (χ0v) is 12.0. The summed E-state index contributed by atoms with van der Waals surface area (Å²) in [5, 5.41) is 8.70. The molecule has 1 heterocycles. The normalized spacial score (nSPS) is 19.4. The summed E-state index contributed by atoms with van der Waals surface area (Å²) in [5.41, 5.74) is 1.19. The van der Waals surface area contributed by atoms with Gasteiger partial charge in [0.1, 0.15) is 0 Å². The Labute approximate surface area is 119 Å². The molecule has 0 bridgehead atoms. The fourth-order valence-electron chi connectivity index (χ4n) is 2.13. The molecule has 1 saturated heterocycles. The molecule has 2 rings (SSSR count). The Morgan fingerprint density at radius 3 is 2.65 bits per heavy atom. The van der Waals surface area contributed by atoms with E-state index in [1.165, 1.54) is 0 Å². The summed E-state index contributed by atoms with van der Waals surface area (Å²) in [5.74, 6) is -0.0779. The summed E-state index contributed by atoms with van der Waals surface area (Å²) in [6, 6.07) is 8.57. The number of nitrogens with zero attached hydrogens (tertiary/aromatic N) is 1. The molecule has 108 valence electrons. The van der Waals surface area contributed by atoms with E-state index in [1.807, 2.05) is 6.07 Å². The van der Waals surface area contributed by atoms with E-state index >= 15 is 0 Å². The summed E-state index contributed by atoms with van der Waals surface area (Å²) in [6.45, 7) is 1.04. The molecule has 0 amide bonds. The highest BCUT2D eigenvalue weighted by molar-refractivity contribution is 7.88. The molecular weight excluding hydrogens is 276 g/mol. The molecule has 1 aliphatic rings. The number of ether oxygens (including phenoxy) is 1. The van der Waals surface area contributed by atoms with Crippen molar-refractivity contribution in [2.75, 3.05) is 13.2 Å². The van der Waals surface area contributed by atoms with Gasteiger partial charge in [-0.15, -0.1) is 0 Å². The highest BCUT2D eigenvalue weighted by Crippen LogP contribution is 2.12. The lowest BCUT2D eigenvalue weighted by atomic mass is 10.1. The third-order valence-corrected chi connectivity index (χ3v) is 4.56. The van der Waals surface area contributed by atoms with E-state index in [1.54, 1.807) is 24.3 Å². The number of hydrogen-bond donors (Lipinski definition) is 1. The minimum Gasteiger partial charge on any atom is -0.377 e. The van der Waals surface area contributed by atoms with Crippen LogP contribution in [0.5, 0.6) is 0 Å². The third kappa shape index (κ3) is 4.60. The SMILES string of the molecule is N#Cc1ccc(CS(=O)(=O)NCC2CCCCO2)cc1. The van der Waals surface area contributed by atoms with Crippen molar-refractivity contribution in [3.05, 3.63) is 35.4 Å². The Morgan fingerprint density at radius 1 is 1.30 bits per heavy atom. The maximum absolute atomic E-state index is 12.0. The Bertz CT molecular complexity index is 569. The van der Waals surface area contributed by atoms with E-state index in [0.717, 1.165) is 19.3 Å². The van der Waals surface area contributed by atoms with Gasteiger partial charge < -0.3 is 4.74 Å². The van der Waals surface area contributed by atoms with E-state index in [9.17, 15) is 8.42 Å². The van der Waals surface area contributed by atoms with Crippen molar-refractivity contribution in [3.8, 4) is 6.07 Å². The zero-order chi connectivity index (χ0) is 14.4. The summed E-state index contributed by atoms with van der Waals surface area (Å²) < 4.78 is 32.0. The molecule has 0 saturated carbocycles. The quantitative estimate of drug-likeness (QED) is 0.893. The molecule has 6 heteroatoms. The van der Waals surface area contributed by atoms with Crippen molar-refractivity contribution >= 4 is 10.0 Å². The fraction of sp³-hybridized carbons (Fsp3) is 0.500. The van der Waals surface area contributed by atoms with Crippen LogP contribution in [0.25, 0.3) is 0 Å². The molecule has 0 spiro atoms. The van der Waals surface area contributed by atoms with Crippen molar-refractivity contribution in [2.24, 2.45) is 0 Å². The number of nitrogens with one attached hydrogen (secondary N) is 1. The third-order valence-electron chi connectivity index (χ3n) is 3.24. The first-order valence-electron chi connectivity index (χ1n) is 6.67. The van der Waals surface area contributed by atoms with Crippen molar-refractivity contribution in [1.82, 2.24) is 4.72 Å². The van der Waals surface area contributed by atoms with Gasteiger partial charge >= 0.3 is 0 Å². The molecule has 1 atom stereocenters. The Morgan fingerprint density at radius 2 is 2.05 bits per heavy atom. The van der Waals surface area contributed by atoms with Crippen LogP contribution in [0.4, 0.5) is 0 Å². The van der Waals surface area contributed by atoms with Gasteiger partial charge in [0.15, 0.2) is 0 Å². The largest absolute Gasteiger partial charge is 0.377 e. The molecule has 1 fully saturated rings. The summed E-state index contributed by atoms with van der Waals surface area (Å²) >= 11 is 0. The number of benzene rings is 1. The lowest BCUT2D eigenvalue weighted by molar-refractivity contribution is 0.0200. The number of nitriles is 1. The average Bonchev–Trinajstić information content (AvgIpc) is 2.47. The second kappa shape index (κ2) is 6.84. The van der Waals surface area contributed by atoms with Gasteiger partial charge in [-0.3, -0.25) is 0 Å². The van der Waals surface area contributed by atoms with Gasteiger partial charge in [0.25, 0.3) is 0 Å². The molecule has 1 aromatic rings. The Hall–Kier alpha value is -1.42. The van der Waals surface area contributed by atoms with Gasteiger partial charge in [-0.2, -0.15) is 5.26 Å². The van der Waals surface area contributed by atoms with Crippen molar-refractivity contribution < 1.29 is 13.2 Å². The predicted octanol–water partition coefficient (Wildman–Crippen LogP) is 1.55. The maximum atomic E-state index is 12.0. The van der Waals surface area contributed by atoms with E-state index in [-0.39, 0.29) is 11.9 Å². The van der Waals surface area contributed by atoms with Crippen LogP contribution in [0.1, 0.15) is 30.4 Å².